The summed E-state index contributed by atoms with van der Waals surface area (Å²) in [5.74, 6) is -1.65. The lowest BCUT2D eigenvalue weighted by molar-refractivity contribution is -0.207. The predicted molar refractivity (Wildman–Crippen MR) is 160 cm³/mol. The minimum absolute atomic E-state index is 0.0170. The fourth-order valence-electron chi connectivity index (χ4n) is 8.37. The number of benzene rings is 1. The molecule has 1 aliphatic heterocycles. The van der Waals surface area contributed by atoms with Crippen molar-refractivity contribution in [1.29, 1.82) is 0 Å². The highest BCUT2D eigenvalue weighted by molar-refractivity contribution is 7.89. The van der Waals surface area contributed by atoms with Gasteiger partial charge in [-0.1, -0.05) is 39.8 Å². The Labute approximate surface area is 253 Å². The molecule has 1 aromatic carbocycles. The molecule has 234 valence electrons. The summed E-state index contributed by atoms with van der Waals surface area (Å²) in [7, 11) is -5.38. The predicted octanol–water partition coefficient (Wildman–Crippen LogP) is 1.24. The van der Waals surface area contributed by atoms with Crippen LogP contribution in [0.15, 0.2) is 36.0 Å². The van der Waals surface area contributed by atoms with E-state index < -0.39 is 70.1 Å². The second-order valence-electron chi connectivity index (χ2n) is 13.5. The first-order valence-corrected chi connectivity index (χ1v) is 16.6. The number of fused-ring (bicyclic) bond motifs is 1. The van der Waals surface area contributed by atoms with Gasteiger partial charge in [-0.2, -0.15) is 5.10 Å². The van der Waals surface area contributed by atoms with Gasteiger partial charge >= 0.3 is 13.0 Å². The number of Topliss-reactive ketones (excluding diaryl/α,β-unsaturated/α-hetero) is 1. The minimum atomic E-state index is -3.82. The molecule has 3 saturated carbocycles. The van der Waals surface area contributed by atoms with Crippen molar-refractivity contribution in [1.82, 2.24) is 4.33 Å². The molecule has 43 heavy (non-hydrogen) atoms. The van der Waals surface area contributed by atoms with Crippen molar-refractivity contribution in [2.24, 2.45) is 39.1 Å². The van der Waals surface area contributed by atoms with Gasteiger partial charge in [0.05, 0.1) is 18.6 Å². The van der Waals surface area contributed by atoms with Crippen LogP contribution >= 0.6 is 0 Å². The fourth-order valence-corrected chi connectivity index (χ4v) is 9.07. The molecule has 13 heteroatoms. The molecule has 4 aliphatic rings. The van der Waals surface area contributed by atoms with Gasteiger partial charge < -0.3 is 24.7 Å². The molecular weight excluding hydrogens is 575 g/mol. The Hall–Kier alpha value is -2.74. The van der Waals surface area contributed by atoms with Gasteiger partial charge in [0.1, 0.15) is 18.0 Å². The number of hydrazone groups is 1. The van der Waals surface area contributed by atoms with Crippen molar-refractivity contribution in [2.45, 2.75) is 71.7 Å². The molecule has 11 nitrogen and oxygen atoms in total. The normalized spacial score (nSPS) is 38.9. The van der Waals surface area contributed by atoms with Crippen LogP contribution in [0.2, 0.25) is 0 Å². The van der Waals surface area contributed by atoms with Crippen molar-refractivity contribution < 1.29 is 42.7 Å². The van der Waals surface area contributed by atoms with Crippen LogP contribution in [0.4, 0.5) is 0 Å². The number of aliphatic hydroxyl groups is 2. The molecule has 5 rings (SSSR count). The summed E-state index contributed by atoms with van der Waals surface area (Å²) in [5.41, 5.74) is -1.55. The van der Waals surface area contributed by atoms with Crippen molar-refractivity contribution in [2.75, 3.05) is 12.9 Å². The first-order valence-electron chi connectivity index (χ1n) is 14.7. The summed E-state index contributed by atoms with van der Waals surface area (Å²) in [6.45, 7) is 11.4. The fraction of sp³-hybridized carbons (Fsp3) is 0.633. The third-order valence-electron chi connectivity index (χ3n) is 11.2. The van der Waals surface area contributed by atoms with Crippen LogP contribution < -0.4 is 10.2 Å². The van der Waals surface area contributed by atoms with Gasteiger partial charge in [-0.25, -0.2) is 17.5 Å². The summed E-state index contributed by atoms with van der Waals surface area (Å²) < 4.78 is 36.4. The number of ether oxygens (including phenoxy) is 2. The number of hydrogen-bond donors (Lipinski definition) is 3. The number of sulfonamides is 1. The summed E-state index contributed by atoms with van der Waals surface area (Å²) >= 11 is 0. The third kappa shape index (κ3) is 4.92. The Bertz CT molecular complexity index is 1470. The second kappa shape index (κ2) is 10.7. The topological polar surface area (TPSA) is 163 Å². The Morgan fingerprint density at radius 3 is 2.60 bits per heavy atom. The van der Waals surface area contributed by atoms with E-state index in [9.17, 15) is 33.2 Å². The van der Waals surface area contributed by atoms with Gasteiger partial charge in [0.15, 0.2) is 12.4 Å². The summed E-state index contributed by atoms with van der Waals surface area (Å²) in [5, 5.41) is 36.9. The molecule has 3 aliphatic carbocycles. The minimum Gasteiger partial charge on any atom is -0.482 e. The molecule has 3 N–H and O–H groups in total. The SMILES string of the molecule is C=C[C@]1(C)C[C@@H](OC(=O)COc2ccc3c(c2)B(O)N(S(C)(=O)=O)N=C3)[C@]2(C)[C@H](C)CC[C@]3(C[C@H](O)C(=O)[C@H]32)[C@@H](C)[C@@H]1O. The monoisotopic (exact) mass is 616 g/mol. The summed E-state index contributed by atoms with van der Waals surface area (Å²) in [4.78, 5) is 27.0. The molecule has 1 heterocycles. The zero-order chi connectivity index (χ0) is 31.7. The van der Waals surface area contributed by atoms with E-state index in [-0.39, 0.29) is 41.7 Å². The lowest BCUT2D eigenvalue weighted by Gasteiger charge is -2.61. The molecule has 3 fully saturated rings. The lowest BCUT2D eigenvalue weighted by Crippen LogP contribution is -2.63. The van der Waals surface area contributed by atoms with Gasteiger partial charge in [0.2, 0.25) is 10.0 Å². The van der Waals surface area contributed by atoms with E-state index in [1.54, 1.807) is 18.2 Å². The second-order valence-corrected chi connectivity index (χ2v) is 15.3. The van der Waals surface area contributed by atoms with E-state index >= 15 is 0 Å². The highest BCUT2D eigenvalue weighted by Gasteiger charge is 2.70. The van der Waals surface area contributed by atoms with Crippen LogP contribution in [0, 0.1) is 34.0 Å². The van der Waals surface area contributed by atoms with Gasteiger partial charge in [-0.15, -0.1) is 6.58 Å². The molecule has 0 aromatic heterocycles. The number of rotatable bonds is 6. The number of carbonyl (C=O) groups excluding carboxylic acids is 2. The molecule has 0 amide bonds. The van der Waals surface area contributed by atoms with Gasteiger partial charge in [-0.3, -0.25) is 4.79 Å². The number of aliphatic hydroxyl groups excluding tert-OH is 2. The van der Waals surface area contributed by atoms with Crippen LogP contribution in [-0.2, 0) is 24.3 Å². The van der Waals surface area contributed by atoms with Gasteiger partial charge in [0, 0.05) is 16.7 Å². The molecule has 0 unspecified atom stereocenters. The van der Waals surface area contributed by atoms with Crippen LogP contribution in [0.3, 0.4) is 0 Å². The number of nitrogens with zero attached hydrogens (tertiary/aromatic N) is 2. The average Bonchev–Trinajstić information content (AvgIpc) is 3.22. The molecule has 0 saturated heterocycles. The maximum atomic E-state index is 13.6. The molecular formula is C30H41BN2O9S. The summed E-state index contributed by atoms with van der Waals surface area (Å²) in [6, 6.07) is 4.60. The Kier molecular flexibility index (Phi) is 7.89. The van der Waals surface area contributed by atoms with E-state index in [1.807, 2.05) is 20.8 Å². The van der Waals surface area contributed by atoms with E-state index in [1.165, 1.54) is 12.3 Å². The largest absolute Gasteiger partial charge is 0.484 e. The molecule has 1 aromatic rings. The van der Waals surface area contributed by atoms with E-state index in [0.29, 0.717) is 16.3 Å². The van der Waals surface area contributed by atoms with Gasteiger partial charge in [0.25, 0.3) is 0 Å². The van der Waals surface area contributed by atoms with Crippen molar-refractivity contribution >= 4 is 40.5 Å². The van der Waals surface area contributed by atoms with Crippen molar-refractivity contribution in [3.63, 3.8) is 0 Å². The Morgan fingerprint density at radius 2 is 1.95 bits per heavy atom. The molecule has 0 radical (unpaired) electrons. The van der Waals surface area contributed by atoms with E-state index in [4.69, 9.17) is 9.47 Å². The Balaban J connectivity index is 1.42. The maximum absolute atomic E-state index is 13.6. The van der Waals surface area contributed by atoms with Crippen LogP contribution in [0.5, 0.6) is 5.75 Å². The number of carbonyl (C=O) groups is 2. The highest BCUT2D eigenvalue weighted by Crippen LogP contribution is 2.68. The van der Waals surface area contributed by atoms with Crippen LogP contribution in [-0.4, -0.2) is 84.2 Å². The van der Waals surface area contributed by atoms with E-state index in [2.05, 4.69) is 18.6 Å². The average molecular weight is 617 g/mol. The molecule has 0 spiro atoms. The lowest BCUT2D eigenvalue weighted by atomic mass is 9.44. The zero-order valence-electron chi connectivity index (χ0n) is 25.3. The number of hydrogen-bond acceptors (Lipinski definition) is 10. The van der Waals surface area contributed by atoms with Crippen molar-refractivity contribution in [3.05, 3.63) is 36.4 Å². The van der Waals surface area contributed by atoms with Gasteiger partial charge in [-0.05, 0) is 66.1 Å². The van der Waals surface area contributed by atoms with Crippen LogP contribution in [0.25, 0.3) is 0 Å². The van der Waals surface area contributed by atoms with E-state index in [0.717, 1.165) is 12.7 Å². The maximum Gasteiger partial charge on any atom is 0.484 e. The Morgan fingerprint density at radius 1 is 1.26 bits per heavy atom. The molecule has 2 bridgehead atoms. The highest BCUT2D eigenvalue weighted by atomic mass is 32.2. The first kappa shape index (κ1) is 31.7. The number of esters is 1. The van der Waals surface area contributed by atoms with Crippen LogP contribution in [0.1, 0.15) is 58.9 Å². The zero-order valence-corrected chi connectivity index (χ0v) is 26.1. The third-order valence-corrected chi connectivity index (χ3v) is 12.1. The van der Waals surface area contributed by atoms with Crippen molar-refractivity contribution in [3.8, 4) is 5.75 Å². The number of ketones is 1. The molecule has 9 atom stereocenters. The smallest absolute Gasteiger partial charge is 0.482 e. The standard InChI is InChI=1S/C30H41BN2O9S/c1-7-28(4)14-23(29(5)17(2)10-11-30(18(3)27(28)37)13-22(34)25(36)26(29)30)42-24(35)16-41-20-9-8-19-15-32-33(43(6,39)40)31(38)21(19)12-20/h7-9,12,15,17-18,22-23,26-27,34,37-38H,1,10-11,13-14,16H2,2-6H3/t17-,18+,22+,23-,26+,27+,28-,29+,30+/m1/s1. The quantitative estimate of drug-likeness (QED) is 0.243. The summed E-state index contributed by atoms with van der Waals surface area (Å²) in [6.07, 6.45) is 3.07. The first-order chi connectivity index (χ1) is 20.0.